The first-order valence-electron chi connectivity index (χ1n) is 4.35. The summed E-state index contributed by atoms with van der Waals surface area (Å²) >= 11 is 0. The first-order valence-corrected chi connectivity index (χ1v) is 4.35. The van der Waals surface area contributed by atoms with E-state index in [0.29, 0.717) is 0 Å². The molecule has 0 aliphatic heterocycles. The van der Waals surface area contributed by atoms with E-state index in [4.69, 9.17) is 0 Å². The Morgan fingerprint density at radius 2 is 0.917 bits per heavy atom. The standard InChI is InChI=1S/C12H20/c1-8(2)10(5)12(7)11(6)9(3)4/h7H2,1-6H3. The third kappa shape index (κ3) is 2.69. The van der Waals surface area contributed by atoms with Crippen LogP contribution in [0.3, 0.4) is 0 Å². The summed E-state index contributed by atoms with van der Waals surface area (Å²) < 4.78 is 0. The van der Waals surface area contributed by atoms with Gasteiger partial charge in [0, 0.05) is 0 Å². The summed E-state index contributed by atoms with van der Waals surface area (Å²) in [5.41, 5.74) is 6.50. The van der Waals surface area contributed by atoms with E-state index < -0.39 is 0 Å². The maximum Gasteiger partial charge on any atom is -0.0271 e. The maximum atomic E-state index is 4.08. The molecule has 0 N–H and O–H groups in total. The Morgan fingerprint density at radius 1 is 0.667 bits per heavy atom. The molecule has 0 bridgehead atoms. The highest BCUT2D eigenvalue weighted by molar-refractivity contribution is 5.45. The number of allylic oxidation sites excluding steroid dienone is 5. The van der Waals surface area contributed by atoms with Crippen molar-refractivity contribution in [2.75, 3.05) is 0 Å². The molecule has 0 aromatic heterocycles. The fourth-order valence-electron chi connectivity index (χ4n) is 0.885. The lowest BCUT2D eigenvalue weighted by Gasteiger charge is -2.10. The van der Waals surface area contributed by atoms with Crippen LogP contribution in [0.1, 0.15) is 41.5 Å². The van der Waals surface area contributed by atoms with Crippen molar-refractivity contribution in [3.63, 3.8) is 0 Å². The number of hydrogen-bond acceptors (Lipinski definition) is 0. The minimum atomic E-state index is 1.18. The van der Waals surface area contributed by atoms with Crippen molar-refractivity contribution in [3.8, 4) is 0 Å². The Labute approximate surface area is 76.7 Å². The molecule has 0 amide bonds. The smallest absolute Gasteiger partial charge is 0.0271 e. The minimum Gasteiger partial charge on any atom is -0.0912 e. The van der Waals surface area contributed by atoms with Crippen LogP contribution in [-0.2, 0) is 0 Å². The quantitative estimate of drug-likeness (QED) is 0.535. The van der Waals surface area contributed by atoms with Crippen molar-refractivity contribution in [2.24, 2.45) is 0 Å². The largest absolute Gasteiger partial charge is 0.0912 e. The molecule has 0 heterocycles. The van der Waals surface area contributed by atoms with E-state index in [1.54, 1.807) is 0 Å². The van der Waals surface area contributed by atoms with Crippen molar-refractivity contribution < 1.29 is 0 Å². The van der Waals surface area contributed by atoms with Crippen LogP contribution in [-0.4, -0.2) is 0 Å². The van der Waals surface area contributed by atoms with Crippen molar-refractivity contribution in [1.82, 2.24) is 0 Å². The van der Waals surface area contributed by atoms with Crippen molar-refractivity contribution in [1.29, 1.82) is 0 Å². The topological polar surface area (TPSA) is 0 Å². The van der Waals surface area contributed by atoms with Crippen LogP contribution in [0.15, 0.2) is 34.4 Å². The minimum absolute atomic E-state index is 1.18. The average Bonchev–Trinajstić information content (AvgIpc) is 2.00. The molecule has 0 aromatic carbocycles. The lowest BCUT2D eigenvalue weighted by atomic mass is 9.96. The molecule has 0 aromatic rings. The monoisotopic (exact) mass is 164 g/mol. The zero-order valence-electron chi connectivity index (χ0n) is 9.21. The van der Waals surface area contributed by atoms with E-state index >= 15 is 0 Å². The molecular weight excluding hydrogens is 144 g/mol. The highest BCUT2D eigenvalue weighted by Gasteiger charge is 2.01. The van der Waals surface area contributed by atoms with Crippen molar-refractivity contribution in [3.05, 3.63) is 34.4 Å². The normalized spacial score (nSPS) is 9.17. The van der Waals surface area contributed by atoms with Gasteiger partial charge in [0.2, 0.25) is 0 Å². The molecule has 12 heavy (non-hydrogen) atoms. The second-order valence-corrected chi connectivity index (χ2v) is 3.73. The molecule has 0 unspecified atom stereocenters. The number of hydrogen-bond donors (Lipinski definition) is 0. The Balaban J connectivity index is 4.90. The molecule has 0 heteroatoms. The molecule has 0 saturated heterocycles. The van der Waals surface area contributed by atoms with Crippen LogP contribution in [0.4, 0.5) is 0 Å². The van der Waals surface area contributed by atoms with Gasteiger partial charge in [0.1, 0.15) is 0 Å². The maximum absolute atomic E-state index is 4.08. The number of rotatable bonds is 2. The Morgan fingerprint density at radius 3 is 1.08 bits per heavy atom. The Hall–Kier alpha value is -0.780. The molecule has 0 radical (unpaired) electrons. The summed E-state index contributed by atoms with van der Waals surface area (Å²) in [4.78, 5) is 0. The van der Waals surface area contributed by atoms with Crippen molar-refractivity contribution >= 4 is 0 Å². The van der Waals surface area contributed by atoms with E-state index in [1.807, 2.05) is 0 Å². The summed E-state index contributed by atoms with van der Waals surface area (Å²) in [5, 5.41) is 0. The zero-order chi connectivity index (χ0) is 9.89. The van der Waals surface area contributed by atoms with Gasteiger partial charge in [-0.1, -0.05) is 17.7 Å². The summed E-state index contributed by atoms with van der Waals surface area (Å²) in [6.45, 7) is 16.8. The molecule has 0 atom stereocenters. The zero-order valence-corrected chi connectivity index (χ0v) is 9.21. The predicted molar refractivity (Wildman–Crippen MR) is 57.2 cm³/mol. The lowest BCUT2D eigenvalue weighted by Crippen LogP contribution is -1.90. The molecular formula is C12H20. The Kier molecular flexibility index (Phi) is 4.02. The fraction of sp³-hybridized carbons (Fsp3) is 0.500. The molecule has 0 fully saturated rings. The van der Waals surface area contributed by atoms with Gasteiger partial charge in [-0.25, -0.2) is 0 Å². The van der Waals surface area contributed by atoms with Gasteiger partial charge in [-0.15, -0.1) is 0 Å². The highest BCUT2D eigenvalue weighted by Crippen LogP contribution is 2.21. The molecule has 0 saturated carbocycles. The third-order valence-corrected chi connectivity index (χ3v) is 2.41. The van der Waals surface area contributed by atoms with Crippen LogP contribution in [0.2, 0.25) is 0 Å². The molecule has 68 valence electrons. The average molecular weight is 164 g/mol. The highest BCUT2D eigenvalue weighted by atomic mass is 14.1. The van der Waals surface area contributed by atoms with E-state index in [2.05, 4.69) is 48.1 Å². The Bertz CT molecular complexity index is 215. The molecule has 0 aliphatic rings. The predicted octanol–water partition coefficient (Wildman–Crippen LogP) is 4.26. The summed E-state index contributed by atoms with van der Waals surface area (Å²) in [5.74, 6) is 0. The van der Waals surface area contributed by atoms with Gasteiger partial charge >= 0.3 is 0 Å². The van der Waals surface area contributed by atoms with Crippen molar-refractivity contribution in [2.45, 2.75) is 41.5 Å². The van der Waals surface area contributed by atoms with E-state index in [-0.39, 0.29) is 0 Å². The van der Waals surface area contributed by atoms with Gasteiger partial charge in [0.15, 0.2) is 0 Å². The fourth-order valence-corrected chi connectivity index (χ4v) is 0.885. The van der Waals surface area contributed by atoms with Crippen LogP contribution in [0, 0.1) is 0 Å². The van der Waals surface area contributed by atoms with E-state index in [1.165, 1.54) is 27.9 Å². The lowest BCUT2D eigenvalue weighted by molar-refractivity contribution is 1.19. The second-order valence-electron chi connectivity index (χ2n) is 3.73. The summed E-state index contributed by atoms with van der Waals surface area (Å²) in [6, 6.07) is 0. The summed E-state index contributed by atoms with van der Waals surface area (Å²) in [6.07, 6.45) is 0. The van der Waals surface area contributed by atoms with Gasteiger partial charge in [-0.3, -0.25) is 0 Å². The van der Waals surface area contributed by atoms with Gasteiger partial charge < -0.3 is 0 Å². The molecule has 0 aliphatic carbocycles. The van der Waals surface area contributed by atoms with Gasteiger partial charge in [-0.2, -0.15) is 0 Å². The van der Waals surface area contributed by atoms with Gasteiger partial charge in [0.25, 0.3) is 0 Å². The van der Waals surface area contributed by atoms with Gasteiger partial charge in [-0.05, 0) is 58.3 Å². The van der Waals surface area contributed by atoms with Crippen LogP contribution >= 0.6 is 0 Å². The summed E-state index contributed by atoms with van der Waals surface area (Å²) in [7, 11) is 0. The molecule has 0 spiro atoms. The third-order valence-electron chi connectivity index (χ3n) is 2.41. The van der Waals surface area contributed by atoms with Crippen LogP contribution < -0.4 is 0 Å². The van der Waals surface area contributed by atoms with E-state index in [0.717, 1.165) is 0 Å². The van der Waals surface area contributed by atoms with Gasteiger partial charge in [0.05, 0.1) is 0 Å². The first kappa shape index (κ1) is 11.2. The molecule has 0 nitrogen and oxygen atoms in total. The SMILES string of the molecule is C=C(C(C)=C(C)C)C(C)=C(C)C. The van der Waals surface area contributed by atoms with E-state index in [9.17, 15) is 0 Å². The second kappa shape index (κ2) is 4.30. The molecule has 0 rings (SSSR count). The van der Waals surface area contributed by atoms with Crippen LogP contribution in [0.5, 0.6) is 0 Å². The van der Waals surface area contributed by atoms with Crippen LogP contribution in [0.25, 0.3) is 0 Å². The first-order chi connectivity index (χ1) is 5.37.